The fourth-order valence-corrected chi connectivity index (χ4v) is 2.27. The predicted molar refractivity (Wildman–Crippen MR) is 82.7 cm³/mol. The summed E-state index contributed by atoms with van der Waals surface area (Å²) < 4.78 is 6.83. The van der Waals surface area contributed by atoms with Gasteiger partial charge in [0, 0.05) is 12.1 Å². The number of ether oxygens (including phenoxy) is 1. The van der Waals surface area contributed by atoms with E-state index in [1.54, 1.807) is 6.92 Å². The lowest BCUT2D eigenvalue weighted by atomic mass is 10.1. The van der Waals surface area contributed by atoms with Gasteiger partial charge in [0.15, 0.2) is 5.69 Å². The fourth-order valence-electron chi connectivity index (χ4n) is 2.27. The van der Waals surface area contributed by atoms with E-state index in [-0.39, 0.29) is 5.69 Å². The van der Waals surface area contributed by atoms with Gasteiger partial charge in [0.25, 0.3) is 0 Å². The number of aryl methyl sites for hydroxylation is 2. The second kappa shape index (κ2) is 6.43. The van der Waals surface area contributed by atoms with E-state index in [9.17, 15) is 4.79 Å². The van der Waals surface area contributed by atoms with Gasteiger partial charge < -0.3 is 10.5 Å². The van der Waals surface area contributed by atoms with E-state index in [1.807, 2.05) is 23.6 Å². The molecule has 0 amide bonds. The van der Waals surface area contributed by atoms with Crippen LogP contribution in [0.15, 0.2) is 24.3 Å². The Morgan fingerprint density at radius 3 is 2.67 bits per heavy atom. The molecule has 2 aromatic rings. The van der Waals surface area contributed by atoms with Gasteiger partial charge >= 0.3 is 5.97 Å². The molecule has 0 saturated heterocycles. The summed E-state index contributed by atoms with van der Waals surface area (Å²) in [5, 5.41) is 0. The molecule has 0 saturated carbocycles. The molecule has 0 aliphatic heterocycles. The van der Waals surface area contributed by atoms with E-state index in [4.69, 9.17) is 10.5 Å². The Bertz CT molecular complexity index is 647. The average molecular weight is 287 g/mol. The molecule has 1 aromatic carbocycles. The number of hydrogen-bond acceptors (Lipinski definition) is 4. The Hall–Kier alpha value is -2.30. The zero-order valence-corrected chi connectivity index (χ0v) is 12.7. The van der Waals surface area contributed by atoms with Gasteiger partial charge in [-0.2, -0.15) is 0 Å². The molecule has 5 nitrogen and oxygen atoms in total. The number of esters is 1. The Kier molecular flexibility index (Phi) is 4.62. The first-order valence-corrected chi connectivity index (χ1v) is 7.25. The van der Waals surface area contributed by atoms with Crippen molar-refractivity contribution in [2.75, 3.05) is 12.3 Å². The molecule has 5 heteroatoms. The number of hydrogen-bond donors (Lipinski definition) is 1. The maximum Gasteiger partial charge on any atom is 0.360 e. The van der Waals surface area contributed by atoms with Crippen LogP contribution in [0.4, 0.5) is 5.82 Å². The molecule has 0 aliphatic carbocycles. The molecule has 0 fully saturated rings. The van der Waals surface area contributed by atoms with Crippen molar-refractivity contribution in [3.63, 3.8) is 0 Å². The second-order valence-corrected chi connectivity index (χ2v) is 4.69. The fraction of sp³-hybridized carbons (Fsp3) is 0.375. The number of carbonyl (C=O) groups excluding carboxylic acids is 1. The standard InChI is InChI=1S/C16H21N3O2/c1-4-11-8-7-9-12(10-11)19-13(5-2)18-14(15(19)17)16(20)21-6-3/h7-10H,4-6,17H2,1-3H3. The van der Waals surface area contributed by atoms with Gasteiger partial charge in [0.05, 0.1) is 6.61 Å². The van der Waals surface area contributed by atoms with E-state index in [2.05, 4.69) is 24.0 Å². The summed E-state index contributed by atoms with van der Waals surface area (Å²) >= 11 is 0. The Morgan fingerprint density at radius 2 is 2.05 bits per heavy atom. The largest absolute Gasteiger partial charge is 0.461 e. The minimum absolute atomic E-state index is 0.190. The van der Waals surface area contributed by atoms with Crippen molar-refractivity contribution >= 4 is 11.8 Å². The predicted octanol–water partition coefficient (Wildman–Crippen LogP) is 2.76. The first-order chi connectivity index (χ1) is 10.1. The smallest absolute Gasteiger partial charge is 0.360 e. The van der Waals surface area contributed by atoms with Crippen molar-refractivity contribution in [2.24, 2.45) is 0 Å². The SMILES string of the molecule is CCOC(=O)c1nc(CC)n(-c2cccc(CC)c2)c1N. The molecule has 0 radical (unpaired) electrons. The van der Waals surface area contributed by atoms with Crippen molar-refractivity contribution in [2.45, 2.75) is 33.6 Å². The molecule has 0 aliphatic rings. The summed E-state index contributed by atoms with van der Waals surface area (Å²) in [6, 6.07) is 8.07. The molecular formula is C16H21N3O2. The number of nitrogen functional groups attached to an aromatic ring is 1. The third-order valence-corrected chi connectivity index (χ3v) is 3.34. The van der Waals surface area contributed by atoms with E-state index < -0.39 is 5.97 Å². The lowest BCUT2D eigenvalue weighted by molar-refractivity contribution is 0.0521. The number of rotatable bonds is 5. The van der Waals surface area contributed by atoms with E-state index in [0.29, 0.717) is 18.8 Å². The molecular weight excluding hydrogens is 266 g/mol. The van der Waals surface area contributed by atoms with Gasteiger partial charge in [-0.25, -0.2) is 9.78 Å². The van der Waals surface area contributed by atoms with Crippen molar-refractivity contribution in [1.82, 2.24) is 9.55 Å². The zero-order valence-electron chi connectivity index (χ0n) is 12.7. The third kappa shape index (κ3) is 2.91. The minimum Gasteiger partial charge on any atom is -0.461 e. The van der Waals surface area contributed by atoms with Crippen LogP contribution in [0.5, 0.6) is 0 Å². The van der Waals surface area contributed by atoms with Crippen LogP contribution < -0.4 is 5.73 Å². The van der Waals surface area contributed by atoms with Crippen LogP contribution in [0.3, 0.4) is 0 Å². The van der Waals surface area contributed by atoms with Crippen LogP contribution in [-0.2, 0) is 17.6 Å². The monoisotopic (exact) mass is 287 g/mol. The van der Waals surface area contributed by atoms with Crippen LogP contribution in [0, 0.1) is 0 Å². The van der Waals surface area contributed by atoms with Gasteiger partial charge in [0.2, 0.25) is 0 Å². The Morgan fingerprint density at radius 1 is 1.29 bits per heavy atom. The highest BCUT2D eigenvalue weighted by molar-refractivity contribution is 5.92. The molecule has 0 atom stereocenters. The maximum atomic E-state index is 11.9. The third-order valence-electron chi connectivity index (χ3n) is 3.34. The summed E-state index contributed by atoms with van der Waals surface area (Å²) in [5.74, 6) is 0.609. The summed E-state index contributed by atoms with van der Waals surface area (Å²) in [5.41, 5.74) is 8.46. The van der Waals surface area contributed by atoms with E-state index in [1.165, 1.54) is 5.56 Å². The molecule has 2 N–H and O–H groups in total. The Balaban J connectivity index is 2.54. The summed E-state index contributed by atoms with van der Waals surface area (Å²) in [6.45, 7) is 6.15. The Labute approximate surface area is 124 Å². The molecule has 2 rings (SSSR count). The van der Waals surface area contributed by atoms with Crippen LogP contribution in [0.1, 0.15) is 42.6 Å². The van der Waals surface area contributed by atoms with Crippen LogP contribution in [-0.4, -0.2) is 22.1 Å². The van der Waals surface area contributed by atoms with Gasteiger partial charge in [-0.3, -0.25) is 4.57 Å². The maximum absolute atomic E-state index is 11.9. The first kappa shape index (κ1) is 15.1. The topological polar surface area (TPSA) is 70.1 Å². The highest BCUT2D eigenvalue weighted by atomic mass is 16.5. The zero-order chi connectivity index (χ0) is 15.4. The molecule has 0 spiro atoms. The second-order valence-electron chi connectivity index (χ2n) is 4.69. The van der Waals surface area contributed by atoms with Gasteiger partial charge in [-0.15, -0.1) is 0 Å². The van der Waals surface area contributed by atoms with Gasteiger partial charge in [0.1, 0.15) is 11.6 Å². The average Bonchev–Trinajstić information content (AvgIpc) is 2.84. The minimum atomic E-state index is -0.477. The number of aromatic nitrogens is 2. The number of anilines is 1. The molecule has 21 heavy (non-hydrogen) atoms. The van der Waals surface area contributed by atoms with Crippen molar-refractivity contribution in [3.05, 3.63) is 41.3 Å². The van der Waals surface area contributed by atoms with Crippen molar-refractivity contribution < 1.29 is 9.53 Å². The number of imidazole rings is 1. The van der Waals surface area contributed by atoms with E-state index in [0.717, 1.165) is 17.9 Å². The van der Waals surface area contributed by atoms with Gasteiger partial charge in [-0.05, 0) is 31.0 Å². The van der Waals surface area contributed by atoms with Crippen LogP contribution in [0.25, 0.3) is 5.69 Å². The molecule has 1 aromatic heterocycles. The first-order valence-electron chi connectivity index (χ1n) is 7.25. The molecule has 112 valence electrons. The van der Waals surface area contributed by atoms with Gasteiger partial charge in [-0.1, -0.05) is 26.0 Å². The summed E-state index contributed by atoms with van der Waals surface area (Å²) in [4.78, 5) is 16.3. The number of nitrogens with zero attached hydrogens (tertiary/aromatic N) is 2. The van der Waals surface area contributed by atoms with Crippen molar-refractivity contribution in [3.8, 4) is 5.69 Å². The lowest BCUT2D eigenvalue weighted by Gasteiger charge is -2.10. The highest BCUT2D eigenvalue weighted by Crippen LogP contribution is 2.23. The summed E-state index contributed by atoms with van der Waals surface area (Å²) in [6.07, 6.45) is 1.62. The normalized spacial score (nSPS) is 10.6. The summed E-state index contributed by atoms with van der Waals surface area (Å²) in [7, 11) is 0. The van der Waals surface area contributed by atoms with Crippen LogP contribution in [0.2, 0.25) is 0 Å². The molecule has 0 unspecified atom stereocenters. The lowest BCUT2D eigenvalue weighted by Crippen LogP contribution is -2.09. The quantitative estimate of drug-likeness (QED) is 0.858. The number of nitrogens with two attached hydrogens (primary N) is 1. The number of benzene rings is 1. The highest BCUT2D eigenvalue weighted by Gasteiger charge is 2.21. The van der Waals surface area contributed by atoms with E-state index >= 15 is 0 Å². The molecule has 1 heterocycles. The molecule has 0 bridgehead atoms. The number of carbonyl (C=O) groups is 1. The van der Waals surface area contributed by atoms with Crippen molar-refractivity contribution in [1.29, 1.82) is 0 Å². The van der Waals surface area contributed by atoms with Crippen LogP contribution >= 0.6 is 0 Å².